The van der Waals surface area contributed by atoms with Crippen molar-refractivity contribution in [1.29, 1.82) is 0 Å². The lowest BCUT2D eigenvalue weighted by Gasteiger charge is -2.01. The average Bonchev–Trinajstić information content (AvgIpc) is 2.27. The summed E-state index contributed by atoms with van der Waals surface area (Å²) in [6.07, 6.45) is 0. The van der Waals surface area contributed by atoms with Crippen LogP contribution < -0.4 is 5.90 Å². The molecule has 0 fully saturated rings. The quantitative estimate of drug-likeness (QED) is 0.569. The fourth-order valence-corrected chi connectivity index (χ4v) is 1.18. The Morgan fingerprint density at radius 1 is 1.25 bits per heavy atom. The van der Waals surface area contributed by atoms with E-state index in [-0.39, 0.29) is 11.1 Å². The van der Waals surface area contributed by atoms with Gasteiger partial charge in [0.05, 0.1) is 11.1 Å². The minimum Gasteiger partial charge on any atom is -0.370 e. The normalized spacial score (nSPS) is 11.6. The molecular formula is C8H7NO6S. The molecule has 0 saturated carbocycles. The molecule has 16 heavy (non-hydrogen) atoms. The van der Waals surface area contributed by atoms with Gasteiger partial charge in [-0.15, -0.1) is 0 Å². The van der Waals surface area contributed by atoms with Gasteiger partial charge in [-0.25, -0.2) is 9.59 Å². The van der Waals surface area contributed by atoms with E-state index in [4.69, 9.17) is 4.55 Å². The third-order valence-corrected chi connectivity index (χ3v) is 1.88. The Labute approximate surface area is 92.6 Å². The van der Waals surface area contributed by atoms with E-state index < -0.39 is 23.3 Å². The molecule has 0 bridgehead atoms. The number of hydrogen-bond acceptors (Lipinski definition) is 6. The van der Waals surface area contributed by atoms with Gasteiger partial charge in [-0.1, -0.05) is 6.07 Å². The van der Waals surface area contributed by atoms with Crippen molar-refractivity contribution in [2.45, 2.75) is 0 Å². The van der Waals surface area contributed by atoms with Gasteiger partial charge in [0.1, 0.15) is 0 Å². The Hall–Kier alpha value is -1.77. The second-order valence-electron chi connectivity index (χ2n) is 2.57. The molecule has 0 amide bonds. The van der Waals surface area contributed by atoms with Crippen LogP contribution in [0.3, 0.4) is 0 Å². The maximum atomic E-state index is 11.2. The van der Waals surface area contributed by atoms with Gasteiger partial charge in [-0.05, 0) is 18.2 Å². The fraction of sp³-hybridized carbons (Fsp3) is 0. The van der Waals surface area contributed by atoms with Gasteiger partial charge in [0.25, 0.3) is 0 Å². The van der Waals surface area contributed by atoms with E-state index >= 15 is 0 Å². The van der Waals surface area contributed by atoms with E-state index in [1.54, 1.807) is 0 Å². The standard InChI is InChI=1S/C8H7NO6S/c9-14-7(10)5-2-1-3-6(4-5)8(11)15-16(12)13/h1-4H,9H2,(H,12,13). The van der Waals surface area contributed by atoms with Gasteiger partial charge in [0.2, 0.25) is 0 Å². The van der Waals surface area contributed by atoms with Crippen LogP contribution in [0.1, 0.15) is 20.7 Å². The molecule has 3 N–H and O–H groups in total. The predicted octanol–water partition coefficient (Wildman–Crippen LogP) is 0.0106. The van der Waals surface area contributed by atoms with Crippen LogP contribution in [0.15, 0.2) is 24.3 Å². The molecule has 8 heteroatoms. The number of rotatable bonds is 3. The Bertz CT molecular complexity index is 446. The van der Waals surface area contributed by atoms with Crippen LogP contribution in [0, 0.1) is 0 Å². The summed E-state index contributed by atoms with van der Waals surface area (Å²) in [7, 11) is 0. The molecule has 0 aliphatic rings. The van der Waals surface area contributed by atoms with E-state index in [0.29, 0.717) is 0 Å². The molecule has 0 aromatic heterocycles. The number of carbonyl (C=O) groups excluding carboxylic acids is 2. The van der Waals surface area contributed by atoms with Crippen molar-refractivity contribution < 1.29 is 27.4 Å². The van der Waals surface area contributed by atoms with Gasteiger partial charge in [0, 0.05) is 0 Å². The minimum atomic E-state index is -2.71. The third kappa shape index (κ3) is 3.12. The van der Waals surface area contributed by atoms with E-state index in [2.05, 4.69) is 14.9 Å². The summed E-state index contributed by atoms with van der Waals surface area (Å²) in [5.41, 5.74) is -0.0361. The number of carbonyl (C=O) groups is 2. The largest absolute Gasteiger partial charge is 0.370 e. The first-order valence-electron chi connectivity index (χ1n) is 3.89. The van der Waals surface area contributed by atoms with Crippen molar-refractivity contribution in [2.24, 2.45) is 5.90 Å². The van der Waals surface area contributed by atoms with Gasteiger partial charge in [-0.2, -0.15) is 10.1 Å². The first-order chi connectivity index (χ1) is 7.54. The summed E-state index contributed by atoms with van der Waals surface area (Å²) < 4.78 is 22.6. The minimum absolute atomic E-state index is 0.0284. The van der Waals surface area contributed by atoms with Crippen LogP contribution in [0.25, 0.3) is 0 Å². The predicted molar refractivity (Wildman–Crippen MR) is 52.2 cm³/mol. The topological polar surface area (TPSA) is 116 Å². The van der Waals surface area contributed by atoms with Crippen LogP contribution in [0.2, 0.25) is 0 Å². The molecular weight excluding hydrogens is 238 g/mol. The molecule has 0 spiro atoms. The molecule has 1 aromatic carbocycles. The monoisotopic (exact) mass is 245 g/mol. The summed E-state index contributed by atoms with van der Waals surface area (Å²) >= 11 is -2.71. The lowest BCUT2D eigenvalue weighted by Crippen LogP contribution is -2.12. The molecule has 1 rings (SSSR count). The smallest absolute Gasteiger partial charge is 0.360 e. The summed E-state index contributed by atoms with van der Waals surface area (Å²) in [5, 5.41) is 0. The van der Waals surface area contributed by atoms with Crippen molar-refractivity contribution in [1.82, 2.24) is 0 Å². The van der Waals surface area contributed by atoms with Crippen LogP contribution in [0.5, 0.6) is 0 Å². The number of hydrogen-bond donors (Lipinski definition) is 2. The Kier molecular flexibility index (Phi) is 4.11. The zero-order valence-electron chi connectivity index (χ0n) is 7.78. The number of nitrogens with two attached hydrogens (primary N) is 1. The summed E-state index contributed by atoms with van der Waals surface area (Å²) in [5.74, 6) is 2.79. The highest BCUT2D eigenvalue weighted by Crippen LogP contribution is 2.08. The fourth-order valence-electron chi connectivity index (χ4n) is 0.954. The molecule has 86 valence electrons. The zero-order chi connectivity index (χ0) is 12.1. The lowest BCUT2D eigenvalue weighted by molar-refractivity contribution is 0.0503. The molecule has 1 aromatic rings. The molecule has 0 aliphatic carbocycles. The second-order valence-corrected chi connectivity index (χ2v) is 3.17. The van der Waals surface area contributed by atoms with E-state index in [9.17, 15) is 13.8 Å². The van der Waals surface area contributed by atoms with Crippen molar-refractivity contribution in [3.8, 4) is 0 Å². The number of benzene rings is 1. The average molecular weight is 245 g/mol. The van der Waals surface area contributed by atoms with Gasteiger partial charge < -0.3 is 9.02 Å². The van der Waals surface area contributed by atoms with Crippen molar-refractivity contribution in [2.75, 3.05) is 0 Å². The van der Waals surface area contributed by atoms with Crippen LogP contribution in [-0.2, 0) is 20.4 Å². The lowest BCUT2D eigenvalue weighted by atomic mass is 10.1. The molecule has 0 saturated heterocycles. The second kappa shape index (κ2) is 5.35. The molecule has 0 aliphatic heterocycles. The Morgan fingerprint density at radius 3 is 2.31 bits per heavy atom. The SMILES string of the molecule is NOC(=O)c1cccc(C(=O)OS(=O)O)c1. The highest BCUT2D eigenvalue weighted by molar-refractivity contribution is 7.74. The third-order valence-electron chi connectivity index (χ3n) is 1.59. The molecule has 1 unspecified atom stereocenters. The zero-order valence-corrected chi connectivity index (χ0v) is 8.60. The highest BCUT2D eigenvalue weighted by atomic mass is 32.2. The molecule has 0 heterocycles. The molecule has 7 nitrogen and oxygen atoms in total. The van der Waals surface area contributed by atoms with Crippen molar-refractivity contribution in [3.63, 3.8) is 0 Å². The summed E-state index contributed by atoms with van der Waals surface area (Å²) in [4.78, 5) is 26.1. The first kappa shape index (κ1) is 12.3. The molecule has 1 atom stereocenters. The van der Waals surface area contributed by atoms with Crippen LogP contribution in [0.4, 0.5) is 0 Å². The van der Waals surface area contributed by atoms with Crippen molar-refractivity contribution in [3.05, 3.63) is 35.4 Å². The maximum Gasteiger partial charge on any atom is 0.360 e. The van der Waals surface area contributed by atoms with E-state index in [1.165, 1.54) is 18.2 Å². The van der Waals surface area contributed by atoms with Gasteiger partial charge in [-0.3, -0.25) is 4.55 Å². The highest BCUT2D eigenvalue weighted by Gasteiger charge is 2.13. The molecule has 0 radical (unpaired) electrons. The van der Waals surface area contributed by atoms with Crippen LogP contribution >= 0.6 is 0 Å². The van der Waals surface area contributed by atoms with E-state index in [1.807, 2.05) is 0 Å². The maximum absolute atomic E-state index is 11.2. The summed E-state index contributed by atoms with van der Waals surface area (Å²) in [6, 6.07) is 5.18. The van der Waals surface area contributed by atoms with Crippen molar-refractivity contribution >= 4 is 23.3 Å². The van der Waals surface area contributed by atoms with Gasteiger partial charge in [0.15, 0.2) is 0 Å². The summed E-state index contributed by atoms with van der Waals surface area (Å²) in [6.45, 7) is 0. The Balaban J connectivity index is 2.94. The first-order valence-corrected chi connectivity index (χ1v) is 4.92. The van der Waals surface area contributed by atoms with Gasteiger partial charge >= 0.3 is 23.3 Å². The Morgan fingerprint density at radius 2 is 1.81 bits per heavy atom. The van der Waals surface area contributed by atoms with Crippen LogP contribution in [-0.4, -0.2) is 20.7 Å². The van der Waals surface area contributed by atoms with E-state index in [0.717, 1.165) is 6.07 Å².